The van der Waals surface area contributed by atoms with Crippen molar-refractivity contribution in [1.82, 2.24) is 14.9 Å². The summed E-state index contributed by atoms with van der Waals surface area (Å²) in [6.07, 6.45) is 5.39. The Hall–Kier alpha value is -3.08. The Morgan fingerprint density at radius 1 is 1.12 bits per heavy atom. The Morgan fingerprint density at radius 3 is 2.50 bits per heavy atom. The van der Waals surface area contributed by atoms with E-state index in [0.717, 1.165) is 17.0 Å². The maximum atomic E-state index is 12.2. The van der Waals surface area contributed by atoms with Crippen LogP contribution < -0.4 is 10.1 Å². The molecule has 5 nitrogen and oxygen atoms in total. The van der Waals surface area contributed by atoms with Crippen molar-refractivity contribution in [3.05, 3.63) is 78.4 Å². The van der Waals surface area contributed by atoms with E-state index in [4.69, 9.17) is 4.74 Å². The highest BCUT2D eigenvalue weighted by atomic mass is 16.5. The molecule has 0 unspecified atom stereocenters. The van der Waals surface area contributed by atoms with E-state index in [1.807, 2.05) is 42.0 Å². The lowest BCUT2D eigenvalue weighted by atomic mass is 10.1. The first-order chi connectivity index (χ1) is 11.8. The Kier molecular flexibility index (Phi) is 4.91. The van der Waals surface area contributed by atoms with Gasteiger partial charge in [-0.2, -0.15) is 0 Å². The molecule has 1 aromatic heterocycles. The van der Waals surface area contributed by atoms with E-state index < -0.39 is 0 Å². The van der Waals surface area contributed by atoms with Crippen molar-refractivity contribution in [2.75, 3.05) is 6.61 Å². The van der Waals surface area contributed by atoms with Crippen molar-refractivity contribution < 1.29 is 9.53 Å². The summed E-state index contributed by atoms with van der Waals surface area (Å²) in [4.78, 5) is 16.2. The Labute approximate surface area is 140 Å². The van der Waals surface area contributed by atoms with Gasteiger partial charge in [0, 0.05) is 30.2 Å². The molecule has 0 radical (unpaired) electrons. The topological polar surface area (TPSA) is 56.1 Å². The summed E-state index contributed by atoms with van der Waals surface area (Å²) in [6, 6.07) is 15.1. The standard InChI is InChI=1S/C19H19N3O2/c1-2-24-18-9-5-16(6-10-18)19(23)21-13-15-3-7-17(8-4-15)22-12-11-20-14-22/h3-12,14H,2,13H2,1H3,(H,21,23). The van der Waals surface area contributed by atoms with Crippen LogP contribution in [0.25, 0.3) is 5.69 Å². The van der Waals surface area contributed by atoms with Gasteiger partial charge in [0.25, 0.3) is 5.91 Å². The Morgan fingerprint density at radius 2 is 1.88 bits per heavy atom. The van der Waals surface area contributed by atoms with Gasteiger partial charge < -0.3 is 14.6 Å². The van der Waals surface area contributed by atoms with Crippen LogP contribution in [0.5, 0.6) is 5.75 Å². The maximum Gasteiger partial charge on any atom is 0.251 e. The monoisotopic (exact) mass is 321 g/mol. The van der Waals surface area contributed by atoms with Crippen molar-refractivity contribution in [2.45, 2.75) is 13.5 Å². The normalized spacial score (nSPS) is 10.4. The highest BCUT2D eigenvalue weighted by Gasteiger charge is 2.05. The van der Waals surface area contributed by atoms with Gasteiger partial charge in [-0.05, 0) is 48.9 Å². The average Bonchev–Trinajstić information content (AvgIpc) is 3.16. The van der Waals surface area contributed by atoms with E-state index in [2.05, 4.69) is 10.3 Å². The number of amides is 1. The molecule has 0 atom stereocenters. The van der Waals surface area contributed by atoms with Crippen LogP contribution in [0.4, 0.5) is 0 Å². The number of nitrogens with zero attached hydrogens (tertiary/aromatic N) is 2. The number of aromatic nitrogens is 2. The summed E-state index contributed by atoms with van der Waals surface area (Å²) < 4.78 is 7.31. The molecule has 0 aliphatic rings. The van der Waals surface area contributed by atoms with Gasteiger partial charge in [-0.15, -0.1) is 0 Å². The van der Waals surface area contributed by atoms with Crippen LogP contribution in [0.2, 0.25) is 0 Å². The third-order valence-electron chi connectivity index (χ3n) is 3.62. The van der Waals surface area contributed by atoms with Crippen LogP contribution in [0.15, 0.2) is 67.3 Å². The fraction of sp³-hybridized carbons (Fsp3) is 0.158. The van der Waals surface area contributed by atoms with Gasteiger partial charge in [0.05, 0.1) is 12.9 Å². The largest absolute Gasteiger partial charge is 0.494 e. The number of benzene rings is 2. The molecule has 1 N–H and O–H groups in total. The van der Waals surface area contributed by atoms with Crippen LogP contribution in [0.3, 0.4) is 0 Å². The van der Waals surface area contributed by atoms with Crippen molar-refractivity contribution in [3.63, 3.8) is 0 Å². The summed E-state index contributed by atoms with van der Waals surface area (Å²) in [7, 11) is 0. The van der Waals surface area contributed by atoms with E-state index in [1.54, 1.807) is 36.8 Å². The third-order valence-corrected chi connectivity index (χ3v) is 3.62. The SMILES string of the molecule is CCOc1ccc(C(=O)NCc2ccc(-n3ccnc3)cc2)cc1. The smallest absolute Gasteiger partial charge is 0.251 e. The van der Waals surface area contributed by atoms with Crippen LogP contribution >= 0.6 is 0 Å². The lowest BCUT2D eigenvalue weighted by molar-refractivity contribution is 0.0951. The molecular formula is C19H19N3O2. The van der Waals surface area contributed by atoms with E-state index in [-0.39, 0.29) is 5.91 Å². The first-order valence-corrected chi connectivity index (χ1v) is 7.84. The first kappa shape index (κ1) is 15.8. The molecule has 0 saturated carbocycles. The first-order valence-electron chi connectivity index (χ1n) is 7.84. The number of hydrogen-bond donors (Lipinski definition) is 1. The molecular weight excluding hydrogens is 302 g/mol. The zero-order chi connectivity index (χ0) is 16.8. The van der Waals surface area contributed by atoms with E-state index in [9.17, 15) is 4.79 Å². The molecule has 2 aromatic carbocycles. The van der Waals surface area contributed by atoms with Crippen molar-refractivity contribution in [3.8, 4) is 11.4 Å². The van der Waals surface area contributed by atoms with Crippen molar-refractivity contribution >= 4 is 5.91 Å². The van der Waals surface area contributed by atoms with Gasteiger partial charge >= 0.3 is 0 Å². The molecule has 24 heavy (non-hydrogen) atoms. The fourth-order valence-corrected chi connectivity index (χ4v) is 2.35. The minimum absolute atomic E-state index is 0.100. The fourth-order valence-electron chi connectivity index (χ4n) is 2.35. The van der Waals surface area contributed by atoms with Crippen molar-refractivity contribution in [1.29, 1.82) is 0 Å². The molecule has 0 aliphatic heterocycles. The number of carbonyl (C=O) groups is 1. The summed E-state index contributed by atoms with van der Waals surface area (Å²) in [5.74, 6) is 0.667. The van der Waals surface area contributed by atoms with Crippen LogP contribution in [0.1, 0.15) is 22.8 Å². The van der Waals surface area contributed by atoms with Gasteiger partial charge in [0.15, 0.2) is 0 Å². The molecule has 122 valence electrons. The zero-order valence-corrected chi connectivity index (χ0v) is 13.5. The zero-order valence-electron chi connectivity index (χ0n) is 13.5. The number of ether oxygens (including phenoxy) is 1. The maximum absolute atomic E-state index is 12.2. The van der Waals surface area contributed by atoms with E-state index in [1.165, 1.54) is 0 Å². The molecule has 1 amide bonds. The number of hydrogen-bond acceptors (Lipinski definition) is 3. The summed E-state index contributed by atoms with van der Waals surface area (Å²) in [5, 5.41) is 2.92. The molecule has 0 aliphatic carbocycles. The van der Waals surface area contributed by atoms with Gasteiger partial charge in [-0.25, -0.2) is 4.98 Å². The third kappa shape index (κ3) is 3.81. The summed E-state index contributed by atoms with van der Waals surface area (Å²) >= 11 is 0. The predicted molar refractivity (Wildman–Crippen MR) is 92.3 cm³/mol. The summed E-state index contributed by atoms with van der Waals surface area (Å²) in [5.41, 5.74) is 2.70. The molecule has 0 fully saturated rings. The van der Waals surface area contributed by atoms with Crippen LogP contribution in [-0.4, -0.2) is 22.1 Å². The van der Waals surface area contributed by atoms with Gasteiger partial charge in [0.1, 0.15) is 5.75 Å². The molecule has 5 heteroatoms. The molecule has 1 heterocycles. The number of carbonyl (C=O) groups excluding carboxylic acids is 1. The quantitative estimate of drug-likeness (QED) is 0.758. The second-order valence-electron chi connectivity index (χ2n) is 5.28. The minimum Gasteiger partial charge on any atom is -0.494 e. The number of rotatable bonds is 6. The number of imidazole rings is 1. The molecule has 3 rings (SSSR count). The van der Waals surface area contributed by atoms with Crippen molar-refractivity contribution in [2.24, 2.45) is 0 Å². The highest BCUT2D eigenvalue weighted by molar-refractivity contribution is 5.94. The lowest BCUT2D eigenvalue weighted by Gasteiger charge is -2.08. The van der Waals surface area contributed by atoms with Gasteiger partial charge in [0.2, 0.25) is 0 Å². The number of nitrogens with one attached hydrogen (secondary N) is 1. The molecule has 0 bridgehead atoms. The van der Waals surface area contributed by atoms with E-state index in [0.29, 0.717) is 18.7 Å². The average molecular weight is 321 g/mol. The van der Waals surface area contributed by atoms with E-state index >= 15 is 0 Å². The molecule has 0 spiro atoms. The molecule has 3 aromatic rings. The Balaban J connectivity index is 1.57. The second-order valence-corrected chi connectivity index (χ2v) is 5.28. The van der Waals surface area contributed by atoms with Crippen LogP contribution in [-0.2, 0) is 6.54 Å². The minimum atomic E-state index is -0.100. The van der Waals surface area contributed by atoms with Gasteiger partial charge in [-0.1, -0.05) is 12.1 Å². The highest BCUT2D eigenvalue weighted by Crippen LogP contribution is 2.13. The molecule has 0 saturated heterocycles. The van der Waals surface area contributed by atoms with Gasteiger partial charge in [-0.3, -0.25) is 4.79 Å². The second kappa shape index (κ2) is 7.46. The van der Waals surface area contributed by atoms with Crippen LogP contribution in [0, 0.1) is 0 Å². The summed E-state index contributed by atoms with van der Waals surface area (Å²) in [6.45, 7) is 3.02. The lowest BCUT2D eigenvalue weighted by Crippen LogP contribution is -2.22. The predicted octanol–water partition coefficient (Wildman–Crippen LogP) is 3.20. The Bertz CT molecular complexity index is 778.